The first kappa shape index (κ1) is 21.5. The van der Waals surface area contributed by atoms with Crippen molar-refractivity contribution in [3.63, 3.8) is 0 Å². The SMILES string of the molecule is CN=C(NCCc1nc(C)c(C)s1)NCC1(N2CCCCC2)CCN(C)CC1. The second kappa shape index (κ2) is 10.0. The number of hydrogen-bond donors (Lipinski definition) is 2. The van der Waals surface area contributed by atoms with E-state index < -0.39 is 0 Å². The van der Waals surface area contributed by atoms with Crippen molar-refractivity contribution in [2.24, 2.45) is 4.99 Å². The van der Waals surface area contributed by atoms with E-state index in [9.17, 15) is 0 Å². The van der Waals surface area contributed by atoms with Crippen LogP contribution in [0.2, 0.25) is 0 Å². The number of aromatic nitrogens is 1. The number of hydrogen-bond acceptors (Lipinski definition) is 5. The third-order valence-electron chi connectivity index (χ3n) is 6.46. The van der Waals surface area contributed by atoms with E-state index in [1.165, 1.54) is 68.2 Å². The van der Waals surface area contributed by atoms with Gasteiger partial charge in [-0.15, -0.1) is 11.3 Å². The number of piperidine rings is 2. The molecule has 0 amide bonds. The number of guanidine groups is 1. The third kappa shape index (κ3) is 5.45. The van der Waals surface area contributed by atoms with Gasteiger partial charge in [-0.3, -0.25) is 9.89 Å². The van der Waals surface area contributed by atoms with Crippen molar-refractivity contribution >= 4 is 17.3 Å². The van der Waals surface area contributed by atoms with E-state index in [2.05, 4.69) is 51.3 Å². The van der Waals surface area contributed by atoms with Crippen molar-refractivity contribution in [2.45, 2.75) is 57.9 Å². The Kier molecular flexibility index (Phi) is 7.71. The van der Waals surface area contributed by atoms with Gasteiger partial charge in [0.25, 0.3) is 0 Å². The van der Waals surface area contributed by atoms with Gasteiger partial charge in [-0.05, 0) is 72.8 Å². The lowest BCUT2D eigenvalue weighted by atomic mass is 9.84. The van der Waals surface area contributed by atoms with Gasteiger partial charge in [-0.2, -0.15) is 0 Å². The van der Waals surface area contributed by atoms with Crippen LogP contribution < -0.4 is 10.6 Å². The maximum absolute atomic E-state index is 4.64. The zero-order valence-electron chi connectivity index (χ0n) is 18.2. The Morgan fingerprint density at radius 3 is 2.43 bits per heavy atom. The summed E-state index contributed by atoms with van der Waals surface area (Å²) in [5.41, 5.74) is 1.43. The number of thiazole rings is 1. The molecule has 1 aromatic heterocycles. The Morgan fingerprint density at radius 1 is 1.11 bits per heavy atom. The molecule has 3 heterocycles. The molecule has 3 rings (SSSR count). The maximum Gasteiger partial charge on any atom is 0.191 e. The number of likely N-dealkylation sites (tertiary alicyclic amines) is 2. The van der Waals surface area contributed by atoms with E-state index in [4.69, 9.17) is 0 Å². The van der Waals surface area contributed by atoms with Crippen LogP contribution in [0.15, 0.2) is 4.99 Å². The summed E-state index contributed by atoms with van der Waals surface area (Å²) < 4.78 is 0. The standard InChI is InChI=1S/C21H38N6S/c1-17-18(2)28-19(25-17)8-11-23-20(22-3)24-16-21(9-14-26(4)15-10-21)27-12-6-5-7-13-27/h5-16H2,1-4H3,(H2,22,23,24). The van der Waals surface area contributed by atoms with Crippen molar-refractivity contribution < 1.29 is 0 Å². The van der Waals surface area contributed by atoms with Gasteiger partial charge in [0.2, 0.25) is 0 Å². The van der Waals surface area contributed by atoms with E-state index >= 15 is 0 Å². The molecule has 158 valence electrons. The molecule has 28 heavy (non-hydrogen) atoms. The first-order chi connectivity index (χ1) is 13.5. The molecule has 0 atom stereocenters. The van der Waals surface area contributed by atoms with Crippen molar-refractivity contribution in [3.8, 4) is 0 Å². The third-order valence-corrected chi connectivity index (χ3v) is 7.59. The van der Waals surface area contributed by atoms with Crippen molar-refractivity contribution in [1.82, 2.24) is 25.4 Å². The molecule has 6 nitrogen and oxygen atoms in total. The van der Waals surface area contributed by atoms with Crippen LogP contribution >= 0.6 is 11.3 Å². The van der Waals surface area contributed by atoms with E-state index in [0.717, 1.165) is 31.2 Å². The summed E-state index contributed by atoms with van der Waals surface area (Å²) in [5.74, 6) is 0.917. The van der Waals surface area contributed by atoms with Crippen LogP contribution in [-0.2, 0) is 6.42 Å². The highest BCUT2D eigenvalue weighted by Gasteiger charge is 2.39. The zero-order chi connectivity index (χ0) is 20.0. The van der Waals surface area contributed by atoms with E-state index in [1.54, 1.807) is 11.3 Å². The van der Waals surface area contributed by atoms with Crippen molar-refractivity contribution in [1.29, 1.82) is 0 Å². The van der Waals surface area contributed by atoms with Gasteiger partial charge in [0.05, 0.1) is 10.7 Å². The minimum Gasteiger partial charge on any atom is -0.356 e. The van der Waals surface area contributed by atoms with E-state index in [-0.39, 0.29) is 5.54 Å². The minimum atomic E-state index is 0.272. The minimum absolute atomic E-state index is 0.272. The number of nitrogens with one attached hydrogen (secondary N) is 2. The molecule has 0 aliphatic carbocycles. The van der Waals surface area contributed by atoms with Crippen LogP contribution in [0, 0.1) is 13.8 Å². The Hall–Kier alpha value is -1.18. The first-order valence-corrected chi connectivity index (χ1v) is 11.6. The molecule has 7 heteroatoms. The van der Waals surface area contributed by atoms with Gasteiger partial charge in [0.15, 0.2) is 5.96 Å². The Balaban J connectivity index is 1.53. The van der Waals surface area contributed by atoms with Gasteiger partial charge >= 0.3 is 0 Å². The number of nitrogens with zero attached hydrogens (tertiary/aromatic N) is 4. The quantitative estimate of drug-likeness (QED) is 0.561. The summed E-state index contributed by atoms with van der Waals surface area (Å²) in [7, 11) is 4.12. The summed E-state index contributed by atoms with van der Waals surface area (Å²) in [4.78, 5) is 15.7. The number of rotatable bonds is 6. The lowest BCUT2D eigenvalue weighted by Crippen LogP contribution is -2.62. The monoisotopic (exact) mass is 406 g/mol. The van der Waals surface area contributed by atoms with Crippen molar-refractivity contribution in [2.75, 3.05) is 53.4 Å². The molecular formula is C21H38N6S. The van der Waals surface area contributed by atoms with Gasteiger partial charge in [-0.25, -0.2) is 4.98 Å². The Labute approximate surface area is 174 Å². The molecular weight excluding hydrogens is 368 g/mol. The van der Waals surface area contributed by atoms with Gasteiger partial charge in [-0.1, -0.05) is 6.42 Å². The summed E-state index contributed by atoms with van der Waals surface area (Å²) >= 11 is 1.81. The van der Waals surface area contributed by atoms with E-state index in [0.29, 0.717) is 0 Å². The molecule has 2 saturated heterocycles. The predicted octanol–water partition coefficient (Wildman–Crippen LogP) is 2.42. The fourth-order valence-electron chi connectivity index (χ4n) is 4.41. The van der Waals surface area contributed by atoms with Crippen molar-refractivity contribution in [3.05, 3.63) is 15.6 Å². The summed E-state index contributed by atoms with van der Waals surface area (Å²) in [6.07, 6.45) is 7.51. The van der Waals surface area contributed by atoms with E-state index in [1.807, 2.05) is 7.05 Å². The summed E-state index contributed by atoms with van der Waals surface area (Å²) in [6.45, 7) is 11.0. The highest BCUT2D eigenvalue weighted by molar-refractivity contribution is 7.11. The second-order valence-corrected chi connectivity index (χ2v) is 9.71. The van der Waals surface area contributed by atoms with Crippen LogP contribution in [0.1, 0.15) is 47.7 Å². The fraction of sp³-hybridized carbons (Fsp3) is 0.810. The molecule has 0 spiro atoms. The molecule has 2 fully saturated rings. The topological polar surface area (TPSA) is 55.8 Å². The fourth-order valence-corrected chi connectivity index (χ4v) is 5.34. The maximum atomic E-state index is 4.64. The molecule has 0 unspecified atom stereocenters. The van der Waals surface area contributed by atoms with Crippen LogP contribution in [0.5, 0.6) is 0 Å². The molecule has 0 aromatic carbocycles. The molecule has 0 saturated carbocycles. The predicted molar refractivity (Wildman–Crippen MR) is 120 cm³/mol. The van der Waals surface area contributed by atoms with Gasteiger partial charge < -0.3 is 15.5 Å². The highest BCUT2D eigenvalue weighted by Crippen LogP contribution is 2.30. The second-order valence-electron chi connectivity index (χ2n) is 8.43. The van der Waals surface area contributed by atoms with Crippen LogP contribution in [0.25, 0.3) is 0 Å². The van der Waals surface area contributed by atoms with Crippen LogP contribution in [0.4, 0.5) is 0 Å². The molecule has 0 bridgehead atoms. The lowest BCUT2D eigenvalue weighted by molar-refractivity contribution is 0.0173. The zero-order valence-corrected chi connectivity index (χ0v) is 19.0. The number of aliphatic imine (C=N–C) groups is 1. The molecule has 2 aliphatic rings. The lowest BCUT2D eigenvalue weighted by Gasteiger charge is -2.50. The normalized spacial score (nSPS) is 21.6. The number of aryl methyl sites for hydroxylation is 2. The Bertz CT molecular complexity index is 622. The van der Waals surface area contributed by atoms with Crippen LogP contribution in [0.3, 0.4) is 0 Å². The summed E-state index contributed by atoms with van der Waals surface area (Å²) in [6, 6.07) is 0. The molecule has 0 radical (unpaired) electrons. The molecule has 2 aliphatic heterocycles. The smallest absolute Gasteiger partial charge is 0.191 e. The van der Waals surface area contributed by atoms with Gasteiger partial charge in [0.1, 0.15) is 0 Å². The average Bonchev–Trinajstić information content (AvgIpc) is 3.04. The first-order valence-electron chi connectivity index (χ1n) is 10.8. The average molecular weight is 407 g/mol. The highest BCUT2D eigenvalue weighted by atomic mass is 32.1. The molecule has 2 N–H and O–H groups in total. The van der Waals surface area contributed by atoms with Gasteiger partial charge in [0, 0.05) is 37.0 Å². The molecule has 1 aromatic rings. The Morgan fingerprint density at radius 2 is 1.82 bits per heavy atom. The van der Waals surface area contributed by atoms with Crippen LogP contribution in [-0.4, -0.2) is 79.6 Å². The largest absolute Gasteiger partial charge is 0.356 e. The summed E-state index contributed by atoms with van der Waals surface area (Å²) in [5, 5.41) is 8.35.